The topological polar surface area (TPSA) is 26.0 Å². The van der Waals surface area contributed by atoms with Crippen molar-refractivity contribution in [1.29, 1.82) is 0 Å². The molecule has 94 valence electrons. The van der Waals surface area contributed by atoms with Crippen molar-refractivity contribution >= 4 is 0 Å². The Hall–Kier alpha value is -0.820. The van der Waals surface area contributed by atoms with Gasteiger partial charge in [-0.25, -0.2) is 0 Å². The van der Waals surface area contributed by atoms with E-state index in [0.29, 0.717) is 5.41 Å². The molecule has 1 aromatic carbocycles. The minimum absolute atomic E-state index is 0.433. The Labute approximate surface area is 105 Å². The molecular weight excluding hydrogens is 206 g/mol. The van der Waals surface area contributed by atoms with Crippen LogP contribution >= 0.6 is 0 Å². The standard InChI is InChI=1S/C16H25N/c1-14-7-10-16(13-17,11-8-14)12-9-15-5-3-2-4-6-15/h2-6,14H,7-13,17H2,1H3. The van der Waals surface area contributed by atoms with Crippen LogP contribution in [0, 0.1) is 11.3 Å². The van der Waals surface area contributed by atoms with Crippen LogP contribution in [0.4, 0.5) is 0 Å². The van der Waals surface area contributed by atoms with E-state index in [4.69, 9.17) is 5.73 Å². The van der Waals surface area contributed by atoms with E-state index in [-0.39, 0.29) is 0 Å². The summed E-state index contributed by atoms with van der Waals surface area (Å²) in [6, 6.07) is 10.8. The van der Waals surface area contributed by atoms with E-state index in [0.717, 1.165) is 12.5 Å². The second-order valence-electron chi connectivity index (χ2n) is 5.87. The zero-order chi connectivity index (χ0) is 12.1. The summed E-state index contributed by atoms with van der Waals surface area (Å²) in [6.45, 7) is 3.24. The molecule has 2 N–H and O–H groups in total. The number of benzene rings is 1. The molecule has 1 fully saturated rings. The van der Waals surface area contributed by atoms with E-state index in [9.17, 15) is 0 Å². The first-order valence-corrected chi connectivity index (χ1v) is 6.98. The van der Waals surface area contributed by atoms with E-state index < -0.39 is 0 Å². The van der Waals surface area contributed by atoms with Crippen molar-refractivity contribution in [2.75, 3.05) is 6.54 Å². The highest BCUT2D eigenvalue weighted by Gasteiger charge is 2.32. The van der Waals surface area contributed by atoms with Crippen LogP contribution in [0.25, 0.3) is 0 Å². The van der Waals surface area contributed by atoms with Gasteiger partial charge in [0.05, 0.1) is 0 Å². The maximum absolute atomic E-state index is 6.05. The van der Waals surface area contributed by atoms with E-state index >= 15 is 0 Å². The van der Waals surface area contributed by atoms with Gasteiger partial charge < -0.3 is 5.73 Å². The lowest BCUT2D eigenvalue weighted by molar-refractivity contribution is 0.151. The SMILES string of the molecule is CC1CCC(CN)(CCc2ccccc2)CC1. The van der Waals surface area contributed by atoms with Crippen LogP contribution in [0.1, 0.15) is 44.6 Å². The molecule has 0 saturated heterocycles. The fourth-order valence-electron chi connectivity index (χ4n) is 2.98. The molecule has 0 aromatic heterocycles. The number of aryl methyl sites for hydroxylation is 1. The van der Waals surface area contributed by atoms with Crippen LogP contribution in [-0.2, 0) is 6.42 Å². The molecule has 0 unspecified atom stereocenters. The predicted octanol–water partition coefficient (Wildman–Crippen LogP) is 3.77. The number of nitrogens with two attached hydrogens (primary N) is 1. The van der Waals surface area contributed by atoms with Crippen molar-refractivity contribution < 1.29 is 0 Å². The molecule has 1 aromatic rings. The van der Waals surface area contributed by atoms with Crippen molar-refractivity contribution in [2.45, 2.75) is 45.4 Å². The first kappa shape index (κ1) is 12.6. The lowest BCUT2D eigenvalue weighted by Gasteiger charge is -2.38. The highest BCUT2D eigenvalue weighted by atomic mass is 14.6. The molecular formula is C16H25N. The molecule has 0 amide bonds. The summed E-state index contributed by atoms with van der Waals surface area (Å²) in [5.74, 6) is 0.909. The van der Waals surface area contributed by atoms with Crippen molar-refractivity contribution in [2.24, 2.45) is 17.1 Å². The number of hydrogen-bond donors (Lipinski definition) is 1. The maximum atomic E-state index is 6.05. The Morgan fingerprint density at radius 3 is 2.41 bits per heavy atom. The predicted molar refractivity (Wildman–Crippen MR) is 73.9 cm³/mol. The molecule has 0 atom stereocenters. The minimum atomic E-state index is 0.433. The van der Waals surface area contributed by atoms with Crippen molar-refractivity contribution in [3.05, 3.63) is 35.9 Å². The van der Waals surface area contributed by atoms with Gasteiger partial charge in [0.1, 0.15) is 0 Å². The van der Waals surface area contributed by atoms with Crippen LogP contribution in [0.2, 0.25) is 0 Å². The fraction of sp³-hybridized carbons (Fsp3) is 0.625. The van der Waals surface area contributed by atoms with Gasteiger partial charge in [-0.2, -0.15) is 0 Å². The molecule has 0 heterocycles. The summed E-state index contributed by atoms with van der Waals surface area (Å²) >= 11 is 0. The Balaban J connectivity index is 1.91. The summed E-state index contributed by atoms with van der Waals surface area (Å²) in [6.07, 6.45) is 7.85. The molecule has 0 radical (unpaired) electrons. The molecule has 1 nitrogen and oxygen atoms in total. The first-order valence-electron chi connectivity index (χ1n) is 6.98. The number of rotatable bonds is 4. The molecule has 1 saturated carbocycles. The third-order valence-electron chi connectivity index (χ3n) is 4.55. The van der Waals surface area contributed by atoms with E-state index in [2.05, 4.69) is 37.3 Å². The van der Waals surface area contributed by atoms with Gasteiger partial charge in [-0.3, -0.25) is 0 Å². The average Bonchev–Trinajstić information content (AvgIpc) is 2.40. The summed E-state index contributed by atoms with van der Waals surface area (Å²) < 4.78 is 0. The van der Waals surface area contributed by atoms with Crippen molar-refractivity contribution in [1.82, 2.24) is 0 Å². The van der Waals surface area contributed by atoms with Crippen molar-refractivity contribution in [3.8, 4) is 0 Å². The smallest absolute Gasteiger partial charge is 0.00204 e. The lowest BCUT2D eigenvalue weighted by atomic mass is 9.68. The quantitative estimate of drug-likeness (QED) is 0.838. The zero-order valence-electron chi connectivity index (χ0n) is 11.0. The average molecular weight is 231 g/mol. The second-order valence-corrected chi connectivity index (χ2v) is 5.87. The van der Waals surface area contributed by atoms with E-state index in [1.165, 1.54) is 44.1 Å². The molecule has 0 spiro atoms. The minimum Gasteiger partial charge on any atom is -0.330 e. The molecule has 1 heteroatoms. The first-order chi connectivity index (χ1) is 8.24. The Kier molecular flexibility index (Phi) is 4.22. The highest BCUT2D eigenvalue weighted by Crippen LogP contribution is 2.41. The van der Waals surface area contributed by atoms with Crippen LogP contribution in [0.5, 0.6) is 0 Å². The van der Waals surface area contributed by atoms with Crippen LogP contribution < -0.4 is 5.73 Å². The third-order valence-corrected chi connectivity index (χ3v) is 4.55. The Bertz CT molecular complexity index is 323. The van der Waals surface area contributed by atoms with E-state index in [1.54, 1.807) is 0 Å². The van der Waals surface area contributed by atoms with Gasteiger partial charge in [0.2, 0.25) is 0 Å². The largest absolute Gasteiger partial charge is 0.330 e. The highest BCUT2D eigenvalue weighted by molar-refractivity contribution is 5.15. The summed E-state index contributed by atoms with van der Waals surface area (Å²) in [7, 11) is 0. The lowest BCUT2D eigenvalue weighted by Crippen LogP contribution is -2.35. The number of hydrogen-bond acceptors (Lipinski definition) is 1. The van der Waals surface area contributed by atoms with Crippen molar-refractivity contribution in [3.63, 3.8) is 0 Å². The molecule has 1 aliphatic carbocycles. The van der Waals surface area contributed by atoms with Gasteiger partial charge in [-0.1, -0.05) is 50.1 Å². The van der Waals surface area contributed by atoms with Crippen LogP contribution in [0.15, 0.2) is 30.3 Å². The maximum Gasteiger partial charge on any atom is -0.00204 e. The molecule has 1 aliphatic rings. The van der Waals surface area contributed by atoms with Crippen LogP contribution in [0.3, 0.4) is 0 Å². The Morgan fingerprint density at radius 2 is 1.82 bits per heavy atom. The van der Waals surface area contributed by atoms with Crippen LogP contribution in [-0.4, -0.2) is 6.54 Å². The van der Waals surface area contributed by atoms with Gasteiger partial charge in [0.15, 0.2) is 0 Å². The monoisotopic (exact) mass is 231 g/mol. The molecule has 0 bridgehead atoms. The molecule has 0 aliphatic heterocycles. The third kappa shape index (κ3) is 3.32. The zero-order valence-corrected chi connectivity index (χ0v) is 11.0. The molecule has 17 heavy (non-hydrogen) atoms. The summed E-state index contributed by atoms with van der Waals surface area (Å²) in [5, 5.41) is 0. The fourth-order valence-corrected chi connectivity index (χ4v) is 2.98. The Morgan fingerprint density at radius 1 is 1.18 bits per heavy atom. The second kappa shape index (κ2) is 5.68. The van der Waals surface area contributed by atoms with E-state index in [1.807, 2.05) is 0 Å². The summed E-state index contributed by atoms with van der Waals surface area (Å²) in [5.41, 5.74) is 7.94. The van der Waals surface area contributed by atoms with Gasteiger partial charge in [0, 0.05) is 0 Å². The van der Waals surface area contributed by atoms with Gasteiger partial charge in [-0.15, -0.1) is 0 Å². The normalized spacial score (nSPS) is 29.2. The summed E-state index contributed by atoms with van der Waals surface area (Å²) in [4.78, 5) is 0. The van der Waals surface area contributed by atoms with Gasteiger partial charge in [-0.05, 0) is 49.1 Å². The van der Waals surface area contributed by atoms with Gasteiger partial charge in [0.25, 0.3) is 0 Å². The molecule has 2 rings (SSSR count). The van der Waals surface area contributed by atoms with Gasteiger partial charge >= 0.3 is 0 Å².